The molecule has 1 aromatic heterocycles. The number of hydrogen-bond acceptors (Lipinski definition) is 5. The number of benzene rings is 2. The fraction of sp³-hybridized carbons (Fsp3) is 0.360. The van der Waals surface area contributed by atoms with Gasteiger partial charge in [-0.15, -0.1) is 0 Å². The lowest BCUT2D eigenvalue weighted by Gasteiger charge is -2.34. The molecule has 2 heterocycles. The third-order valence-corrected chi connectivity index (χ3v) is 5.65. The molecule has 0 aliphatic carbocycles. The second-order valence-electron chi connectivity index (χ2n) is 8.01. The molecule has 7 heteroatoms. The van der Waals surface area contributed by atoms with E-state index in [1.165, 1.54) is 5.56 Å². The van der Waals surface area contributed by atoms with Crippen LogP contribution in [0.5, 0.6) is 5.75 Å². The molecule has 0 saturated carbocycles. The van der Waals surface area contributed by atoms with E-state index in [1.54, 1.807) is 0 Å². The number of rotatable bonds is 6. The minimum absolute atomic E-state index is 0.101. The van der Waals surface area contributed by atoms with Crippen molar-refractivity contribution in [3.05, 3.63) is 65.5 Å². The zero-order valence-electron chi connectivity index (χ0n) is 18.9. The van der Waals surface area contributed by atoms with Crippen LogP contribution < -0.4 is 10.1 Å². The Kier molecular flexibility index (Phi) is 6.75. The van der Waals surface area contributed by atoms with Gasteiger partial charge in [0.25, 0.3) is 0 Å². The summed E-state index contributed by atoms with van der Waals surface area (Å²) < 4.78 is 11.5. The maximum Gasteiger partial charge on any atom is 0.322 e. The molecule has 0 unspecified atom stereocenters. The number of nitrogens with one attached hydrogen (secondary N) is 1. The van der Waals surface area contributed by atoms with E-state index in [9.17, 15) is 4.79 Å². The van der Waals surface area contributed by atoms with E-state index in [0.29, 0.717) is 43.6 Å². The molecule has 1 aliphatic heterocycles. The molecule has 0 radical (unpaired) electrons. The van der Waals surface area contributed by atoms with Crippen molar-refractivity contribution in [1.29, 1.82) is 0 Å². The minimum atomic E-state index is -0.101. The Morgan fingerprint density at radius 3 is 2.50 bits per heavy atom. The molecule has 2 amide bonds. The molecule has 1 aliphatic rings. The second-order valence-corrected chi connectivity index (χ2v) is 8.01. The number of hydrogen-bond donors (Lipinski definition) is 1. The Morgan fingerprint density at radius 2 is 1.78 bits per heavy atom. The van der Waals surface area contributed by atoms with Gasteiger partial charge in [-0.2, -0.15) is 0 Å². The Morgan fingerprint density at radius 1 is 1.06 bits per heavy atom. The SMILES string of the molecule is CCOc1ccccc1NC(=O)N1CCN(Cc2nc(-c3ccc(C)cc3)oc2C)CC1. The van der Waals surface area contributed by atoms with Gasteiger partial charge in [-0.1, -0.05) is 29.8 Å². The van der Waals surface area contributed by atoms with Crippen molar-refractivity contribution >= 4 is 11.7 Å². The van der Waals surface area contributed by atoms with Gasteiger partial charge in [0.05, 0.1) is 18.0 Å². The first-order valence-electron chi connectivity index (χ1n) is 11.1. The first-order valence-corrected chi connectivity index (χ1v) is 11.1. The summed E-state index contributed by atoms with van der Waals surface area (Å²) in [5.74, 6) is 2.18. The highest BCUT2D eigenvalue weighted by atomic mass is 16.5. The summed E-state index contributed by atoms with van der Waals surface area (Å²) in [6.07, 6.45) is 0. The van der Waals surface area contributed by atoms with Crippen molar-refractivity contribution in [3.63, 3.8) is 0 Å². The third-order valence-electron chi connectivity index (χ3n) is 5.65. The number of ether oxygens (including phenoxy) is 1. The number of amides is 2. The highest BCUT2D eigenvalue weighted by Crippen LogP contribution is 2.25. The van der Waals surface area contributed by atoms with Crippen LogP contribution in [0.25, 0.3) is 11.5 Å². The molecule has 1 fully saturated rings. The molecule has 1 N–H and O–H groups in total. The van der Waals surface area contributed by atoms with Gasteiger partial charge < -0.3 is 19.4 Å². The van der Waals surface area contributed by atoms with E-state index in [2.05, 4.69) is 29.3 Å². The maximum absolute atomic E-state index is 12.7. The molecule has 4 rings (SSSR count). The van der Waals surface area contributed by atoms with Gasteiger partial charge in [0.2, 0.25) is 5.89 Å². The van der Waals surface area contributed by atoms with Crippen molar-refractivity contribution in [2.75, 3.05) is 38.1 Å². The predicted octanol–water partition coefficient (Wildman–Crippen LogP) is 4.71. The van der Waals surface area contributed by atoms with Crippen LogP contribution in [0.2, 0.25) is 0 Å². The number of aryl methyl sites for hydroxylation is 2. The zero-order chi connectivity index (χ0) is 22.5. The van der Waals surface area contributed by atoms with Gasteiger partial charge in [0.15, 0.2) is 0 Å². The molecule has 7 nitrogen and oxygen atoms in total. The first kappa shape index (κ1) is 21.9. The van der Waals surface area contributed by atoms with Crippen LogP contribution in [0.15, 0.2) is 52.9 Å². The highest BCUT2D eigenvalue weighted by molar-refractivity contribution is 5.91. The number of para-hydroxylation sites is 2. The van der Waals surface area contributed by atoms with Crippen LogP contribution in [0.1, 0.15) is 23.9 Å². The zero-order valence-corrected chi connectivity index (χ0v) is 18.9. The van der Waals surface area contributed by atoms with Gasteiger partial charge in [0.1, 0.15) is 11.5 Å². The van der Waals surface area contributed by atoms with E-state index in [-0.39, 0.29) is 6.03 Å². The van der Waals surface area contributed by atoms with Crippen LogP contribution in [-0.4, -0.2) is 53.6 Å². The summed E-state index contributed by atoms with van der Waals surface area (Å²) in [5.41, 5.74) is 3.84. The van der Waals surface area contributed by atoms with Gasteiger partial charge >= 0.3 is 6.03 Å². The molecule has 1 saturated heterocycles. The van der Waals surface area contributed by atoms with E-state index in [0.717, 1.165) is 30.1 Å². The molecular formula is C25H30N4O3. The molecular weight excluding hydrogens is 404 g/mol. The van der Waals surface area contributed by atoms with Crippen molar-refractivity contribution in [1.82, 2.24) is 14.8 Å². The van der Waals surface area contributed by atoms with Gasteiger partial charge in [-0.25, -0.2) is 9.78 Å². The summed E-state index contributed by atoms with van der Waals surface area (Å²) >= 11 is 0. The van der Waals surface area contributed by atoms with E-state index in [1.807, 2.05) is 55.1 Å². The van der Waals surface area contributed by atoms with Gasteiger partial charge in [0, 0.05) is 38.3 Å². The Hall–Kier alpha value is -3.32. The lowest BCUT2D eigenvalue weighted by molar-refractivity contribution is 0.141. The fourth-order valence-electron chi connectivity index (χ4n) is 3.76. The monoisotopic (exact) mass is 434 g/mol. The van der Waals surface area contributed by atoms with Gasteiger partial charge in [-0.3, -0.25) is 4.90 Å². The number of aromatic nitrogens is 1. The summed E-state index contributed by atoms with van der Waals surface area (Å²) in [6, 6.07) is 15.6. The van der Waals surface area contributed by atoms with Crippen LogP contribution >= 0.6 is 0 Å². The molecule has 0 bridgehead atoms. The van der Waals surface area contributed by atoms with E-state index < -0.39 is 0 Å². The molecule has 2 aromatic carbocycles. The number of anilines is 1. The topological polar surface area (TPSA) is 70.8 Å². The molecule has 0 spiro atoms. The molecule has 168 valence electrons. The summed E-state index contributed by atoms with van der Waals surface area (Å²) in [5, 5.41) is 2.98. The molecule has 32 heavy (non-hydrogen) atoms. The smallest absolute Gasteiger partial charge is 0.322 e. The van der Waals surface area contributed by atoms with Crippen LogP contribution in [0.4, 0.5) is 10.5 Å². The van der Waals surface area contributed by atoms with Crippen molar-refractivity contribution in [2.45, 2.75) is 27.3 Å². The van der Waals surface area contributed by atoms with E-state index >= 15 is 0 Å². The number of nitrogens with zero attached hydrogens (tertiary/aromatic N) is 3. The van der Waals surface area contributed by atoms with Crippen molar-refractivity contribution < 1.29 is 13.9 Å². The van der Waals surface area contributed by atoms with Gasteiger partial charge in [-0.05, 0) is 45.0 Å². The lowest BCUT2D eigenvalue weighted by atomic mass is 10.1. The normalized spacial score (nSPS) is 14.4. The van der Waals surface area contributed by atoms with Crippen LogP contribution in [-0.2, 0) is 6.54 Å². The van der Waals surface area contributed by atoms with E-state index in [4.69, 9.17) is 14.1 Å². The predicted molar refractivity (Wildman–Crippen MR) is 125 cm³/mol. The quantitative estimate of drug-likeness (QED) is 0.609. The average molecular weight is 435 g/mol. The third kappa shape index (κ3) is 5.11. The standard InChI is InChI=1S/C25H30N4O3/c1-4-31-23-8-6-5-7-21(23)27-25(30)29-15-13-28(14-16-29)17-22-19(3)32-24(26-22)20-11-9-18(2)10-12-20/h5-12H,4,13-17H2,1-3H3,(H,27,30). The number of carbonyl (C=O) groups excluding carboxylic acids is 1. The van der Waals surface area contributed by atoms with Crippen LogP contribution in [0.3, 0.4) is 0 Å². The van der Waals surface area contributed by atoms with Crippen molar-refractivity contribution in [2.24, 2.45) is 0 Å². The average Bonchev–Trinajstić information content (AvgIpc) is 3.16. The summed E-state index contributed by atoms with van der Waals surface area (Å²) in [6.45, 7) is 10.1. The lowest BCUT2D eigenvalue weighted by Crippen LogP contribution is -2.49. The number of piperazine rings is 1. The summed E-state index contributed by atoms with van der Waals surface area (Å²) in [7, 11) is 0. The Balaban J connectivity index is 1.32. The number of urea groups is 1. The van der Waals surface area contributed by atoms with Crippen LogP contribution in [0, 0.1) is 13.8 Å². The highest BCUT2D eigenvalue weighted by Gasteiger charge is 2.23. The summed E-state index contributed by atoms with van der Waals surface area (Å²) in [4.78, 5) is 21.6. The largest absolute Gasteiger partial charge is 0.492 e. The minimum Gasteiger partial charge on any atom is -0.492 e. The Bertz CT molecular complexity index is 1050. The first-order chi connectivity index (χ1) is 15.5. The molecule has 0 atom stereocenters. The number of oxazole rings is 1. The molecule has 3 aromatic rings. The maximum atomic E-state index is 12.7. The number of carbonyl (C=O) groups is 1. The Labute approximate surface area is 189 Å². The fourth-order valence-corrected chi connectivity index (χ4v) is 3.76. The second kappa shape index (κ2) is 9.87. The van der Waals surface area contributed by atoms with Crippen molar-refractivity contribution in [3.8, 4) is 17.2 Å².